The van der Waals surface area contributed by atoms with Crippen molar-refractivity contribution in [1.29, 1.82) is 0 Å². The highest BCUT2D eigenvalue weighted by atomic mass is 16.1. The zero-order valence-corrected chi connectivity index (χ0v) is 7.01. The summed E-state index contributed by atoms with van der Waals surface area (Å²) in [5, 5.41) is 0. The first-order chi connectivity index (χ1) is 5.35. The molecule has 0 aliphatic heterocycles. The third kappa shape index (κ3) is 1.21. The highest BCUT2D eigenvalue weighted by Gasteiger charge is 2.43. The van der Waals surface area contributed by atoms with Gasteiger partial charge in [0.2, 0.25) is 0 Å². The summed E-state index contributed by atoms with van der Waals surface area (Å²) >= 11 is 0. The van der Waals surface area contributed by atoms with Crippen molar-refractivity contribution in [2.45, 2.75) is 44.9 Å². The maximum atomic E-state index is 10.4. The fraction of sp³-hybridized carbons (Fsp3) is 0.900. The molecule has 0 bridgehead atoms. The minimum absolute atomic E-state index is 0.424. The molecule has 2 aliphatic carbocycles. The van der Waals surface area contributed by atoms with Gasteiger partial charge in [0.05, 0.1) is 0 Å². The van der Waals surface area contributed by atoms with Gasteiger partial charge in [0.1, 0.15) is 6.29 Å². The van der Waals surface area contributed by atoms with Crippen LogP contribution in [0.2, 0.25) is 0 Å². The zero-order chi connectivity index (χ0) is 7.73. The molecule has 0 unspecified atom stereocenters. The van der Waals surface area contributed by atoms with E-state index in [2.05, 4.69) is 0 Å². The van der Waals surface area contributed by atoms with Crippen LogP contribution in [0, 0.1) is 11.3 Å². The van der Waals surface area contributed by atoms with Crippen molar-refractivity contribution in [3.8, 4) is 0 Å². The lowest BCUT2D eigenvalue weighted by atomic mass is 9.56. The fourth-order valence-electron chi connectivity index (χ4n) is 2.86. The van der Waals surface area contributed by atoms with Crippen LogP contribution in [0.4, 0.5) is 0 Å². The van der Waals surface area contributed by atoms with Gasteiger partial charge in [-0.3, -0.25) is 0 Å². The molecule has 0 saturated heterocycles. The predicted octanol–water partition coefficient (Wildman–Crippen LogP) is 2.55. The molecule has 2 aliphatic rings. The molecule has 0 aromatic heterocycles. The molecule has 1 heteroatoms. The molecule has 0 radical (unpaired) electrons. The maximum absolute atomic E-state index is 10.4. The van der Waals surface area contributed by atoms with Crippen LogP contribution in [0.3, 0.4) is 0 Å². The van der Waals surface area contributed by atoms with Crippen LogP contribution in [-0.4, -0.2) is 6.29 Å². The predicted molar refractivity (Wildman–Crippen MR) is 44.3 cm³/mol. The lowest BCUT2D eigenvalue weighted by molar-refractivity contribution is -0.119. The molecular weight excluding hydrogens is 136 g/mol. The van der Waals surface area contributed by atoms with E-state index < -0.39 is 0 Å². The summed E-state index contributed by atoms with van der Waals surface area (Å²) in [6, 6.07) is 0. The Morgan fingerprint density at radius 1 is 1.09 bits per heavy atom. The van der Waals surface area contributed by atoms with E-state index in [-0.39, 0.29) is 0 Å². The van der Waals surface area contributed by atoms with E-state index in [1.54, 1.807) is 0 Å². The largest absolute Gasteiger partial charge is 0.303 e. The van der Waals surface area contributed by atoms with Crippen molar-refractivity contribution < 1.29 is 4.79 Å². The average Bonchev–Trinajstić information content (AvgIpc) is 2.01. The molecule has 11 heavy (non-hydrogen) atoms. The second kappa shape index (κ2) is 2.62. The van der Waals surface area contributed by atoms with Gasteiger partial charge in [-0.15, -0.1) is 0 Å². The molecular formula is C10H16O. The lowest BCUT2D eigenvalue weighted by Crippen LogP contribution is -2.39. The summed E-state index contributed by atoms with van der Waals surface area (Å²) in [6.45, 7) is 0. The van der Waals surface area contributed by atoms with E-state index in [1.165, 1.54) is 44.9 Å². The molecule has 0 aromatic rings. The fourth-order valence-corrected chi connectivity index (χ4v) is 2.86. The summed E-state index contributed by atoms with van der Waals surface area (Å²) < 4.78 is 0. The summed E-state index contributed by atoms with van der Waals surface area (Å²) in [5.74, 6) is 0.424. The molecule has 2 rings (SSSR count). The van der Waals surface area contributed by atoms with Crippen LogP contribution in [0.1, 0.15) is 44.9 Å². The number of hydrogen-bond donors (Lipinski definition) is 0. The van der Waals surface area contributed by atoms with E-state index >= 15 is 0 Å². The van der Waals surface area contributed by atoms with Crippen molar-refractivity contribution >= 4 is 6.29 Å². The molecule has 2 fully saturated rings. The Bertz CT molecular complexity index is 148. The number of carbonyl (C=O) groups excluding carboxylic acids is 1. The summed E-state index contributed by atoms with van der Waals surface area (Å²) in [6.07, 6.45) is 10.6. The molecule has 2 saturated carbocycles. The summed E-state index contributed by atoms with van der Waals surface area (Å²) in [7, 11) is 0. The van der Waals surface area contributed by atoms with E-state index in [9.17, 15) is 4.79 Å². The Kier molecular flexibility index (Phi) is 1.74. The number of aldehydes is 1. The van der Waals surface area contributed by atoms with Gasteiger partial charge in [0.15, 0.2) is 0 Å². The van der Waals surface area contributed by atoms with Crippen molar-refractivity contribution in [2.75, 3.05) is 0 Å². The van der Waals surface area contributed by atoms with E-state index in [1.807, 2.05) is 0 Å². The van der Waals surface area contributed by atoms with Crippen LogP contribution in [0.5, 0.6) is 0 Å². The van der Waals surface area contributed by atoms with Crippen molar-refractivity contribution in [2.24, 2.45) is 11.3 Å². The van der Waals surface area contributed by atoms with Crippen molar-refractivity contribution in [3.05, 3.63) is 0 Å². The van der Waals surface area contributed by atoms with Crippen molar-refractivity contribution in [3.63, 3.8) is 0 Å². The third-order valence-corrected chi connectivity index (χ3v) is 3.50. The molecule has 0 heterocycles. The Labute approximate surface area is 68.2 Å². The van der Waals surface area contributed by atoms with E-state index in [0.717, 1.165) is 6.29 Å². The minimum atomic E-state index is 0.424. The van der Waals surface area contributed by atoms with Gasteiger partial charge in [-0.05, 0) is 31.1 Å². The van der Waals surface area contributed by atoms with Crippen molar-refractivity contribution in [1.82, 2.24) is 0 Å². The Morgan fingerprint density at radius 2 is 1.73 bits per heavy atom. The van der Waals surface area contributed by atoms with Gasteiger partial charge >= 0.3 is 0 Å². The Morgan fingerprint density at radius 3 is 2.27 bits per heavy atom. The SMILES string of the molecule is O=CC1CC2(CCCCC2)C1. The van der Waals surface area contributed by atoms with Crippen LogP contribution < -0.4 is 0 Å². The molecule has 0 amide bonds. The standard InChI is InChI=1S/C10H16O/c11-8-9-6-10(7-9)4-2-1-3-5-10/h8-9H,1-7H2. The van der Waals surface area contributed by atoms with Gasteiger partial charge in [-0.1, -0.05) is 19.3 Å². The first kappa shape index (κ1) is 7.33. The van der Waals surface area contributed by atoms with E-state index in [0.29, 0.717) is 11.3 Å². The highest BCUT2D eigenvalue weighted by Crippen LogP contribution is 2.53. The third-order valence-electron chi connectivity index (χ3n) is 3.50. The van der Waals surface area contributed by atoms with Crippen LogP contribution in [0.25, 0.3) is 0 Å². The second-order valence-electron chi connectivity index (χ2n) is 4.37. The smallest absolute Gasteiger partial charge is 0.123 e. The first-order valence-electron chi connectivity index (χ1n) is 4.80. The monoisotopic (exact) mass is 152 g/mol. The zero-order valence-electron chi connectivity index (χ0n) is 7.01. The lowest BCUT2D eigenvalue weighted by Gasteiger charge is -2.48. The summed E-state index contributed by atoms with van der Waals surface area (Å²) in [5.41, 5.74) is 0.643. The molecule has 1 spiro atoms. The minimum Gasteiger partial charge on any atom is -0.303 e. The number of hydrogen-bond acceptors (Lipinski definition) is 1. The van der Waals surface area contributed by atoms with Crippen LogP contribution in [-0.2, 0) is 4.79 Å². The van der Waals surface area contributed by atoms with Gasteiger partial charge < -0.3 is 4.79 Å². The Hall–Kier alpha value is -0.330. The quantitative estimate of drug-likeness (QED) is 0.528. The Balaban J connectivity index is 1.88. The van der Waals surface area contributed by atoms with Gasteiger partial charge in [0, 0.05) is 5.92 Å². The normalized spacial score (nSPS) is 29.8. The molecule has 0 aromatic carbocycles. The molecule has 1 nitrogen and oxygen atoms in total. The number of rotatable bonds is 1. The number of carbonyl (C=O) groups is 1. The molecule has 0 atom stereocenters. The van der Waals surface area contributed by atoms with Crippen LogP contribution in [0.15, 0.2) is 0 Å². The van der Waals surface area contributed by atoms with Gasteiger partial charge in [-0.2, -0.15) is 0 Å². The topological polar surface area (TPSA) is 17.1 Å². The highest BCUT2D eigenvalue weighted by molar-refractivity contribution is 5.55. The second-order valence-corrected chi connectivity index (χ2v) is 4.37. The van der Waals surface area contributed by atoms with Crippen LogP contribution >= 0.6 is 0 Å². The maximum Gasteiger partial charge on any atom is 0.123 e. The van der Waals surface area contributed by atoms with Gasteiger partial charge in [0.25, 0.3) is 0 Å². The van der Waals surface area contributed by atoms with E-state index in [4.69, 9.17) is 0 Å². The van der Waals surface area contributed by atoms with Gasteiger partial charge in [-0.25, -0.2) is 0 Å². The summed E-state index contributed by atoms with van der Waals surface area (Å²) in [4.78, 5) is 10.4. The average molecular weight is 152 g/mol. The molecule has 0 N–H and O–H groups in total. The molecule has 62 valence electrons. The first-order valence-corrected chi connectivity index (χ1v) is 4.80.